The van der Waals surface area contributed by atoms with Crippen LogP contribution < -0.4 is 5.56 Å². The van der Waals surface area contributed by atoms with E-state index in [9.17, 15) is 4.79 Å². The van der Waals surface area contributed by atoms with E-state index in [1.165, 1.54) is 0 Å². The van der Waals surface area contributed by atoms with Crippen LogP contribution in [-0.2, 0) is 19.5 Å². The summed E-state index contributed by atoms with van der Waals surface area (Å²) in [6.07, 6.45) is 5.83. The van der Waals surface area contributed by atoms with Crippen LogP contribution in [0.2, 0.25) is 0 Å². The molecule has 3 aromatic rings. The van der Waals surface area contributed by atoms with E-state index >= 15 is 0 Å². The molecule has 6 nitrogen and oxygen atoms in total. The van der Waals surface area contributed by atoms with Crippen LogP contribution in [0.1, 0.15) is 17.0 Å². The lowest BCUT2D eigenvalue weighted by Gasteiger charge is -2.26. The van der Waals surface area contributed by atoms with Crippen LogP contribution in [0.3, 0.4) is 0 Å². The van der Waals surface area contributed by atoms with E-state index in [1.807, 2.05) is 24.3 Å². The molecular weight excluding hydrogens is 292 g/mol. The van der Waals surface area contributed by atoms with Gasteiger partial charge in [0.05, 0.1) is 24.1 Å². The minimum Gasteiger partial charge on any atom is -0.468 e. The van der Waals surface area contributed by atoms with Crippen molar-refractivity contribution in [3.8, 4) is 11.4 Å². The number of fused-ring (bicyclic) bond motifs is 1. The molecule has 23 heavy (non-hydrogen) atoms. The monoisotopic (exact) mass is 308 g/mol. The fourth-order valence-electron chi connectivity index (χ4n) is 2.88. The van der Waals surface area contributed by atoms with Crippen LogP contribution in [0.15, 0.2) is 52.1 Å². The Hall–Kier alpha value is -2.73. The van der Waals surface area contributed by atoms with Crippen molar-refractivity contribution in [3.63, 3.8) is 0 Å². The quantitative estimate of drug-likeness (QED) is 0.801. The zero-order chi connectivity index (χ0) is 15.6. The first-order valence-electron chi connectivity index (χ1n) is 7.57. The lowest BCUT2D eigenvalue weighted by Crippen LogP contribution is -2.35. The molecular formula is C17H16N4O2. The third-order valence-electron chi connectivity index (χ3n) is 4.04. The van der Waals surface area contributed by atoms with Gasteiger partial charge in [0, 0.05) is 37.5 Å². The van der Waals surface area contributed by atoms with Crippen molar-refractivity contribution in [1.29, 1.82) is 0 Å². The predicted octanol–water partition coefficient (Wildman–Crippen LogP) is 1.98. The Morgan fingerprint density at radius 2 is 2.26 bits per heavy atom. The molecule has 0 bridgehead atoms. The summed E-state index contributed by atoms with van der Waals surface area (Å²) in [6, 6.07) is 7.55. The molecule has 4 heterocycles. The summed E-state index contributed by atoms with van der Waals surface area (Å²) in [6.45, 7) is 2.15. The average Bonchev–Trinajstić information content (AvgIpc) is 3.09. The highest BCUT2D eigenvalue weighted by atomic mass is 16.3. The lowest BCUT2D eigenvalue weighted by atomic mass is 10.1. The van der Waals surface area contributed by atoms with Crippen LogP contribution >= 0.6 is 0 Å². The molecule has 0 saturated heterocycles. The number of hydrogen-bond donors (Lipinski definition) is 1. The Balaban J connectivity index is 1.62. The van der Waals surface area contributed by atoms with Gasteiger partial charge in [0.2, 0.25) is 0 Å². The molecule has 1 aliphatic rings. The van der Waals surface area contributed by atoms with Crippen LogP contribution in [0, 0.1) is 0 Å². The molecule has 0 unspecified atom stereocenters. The molecule has 0 aromatic carbocycles. The maximum absolute atomic E-state index is 12.4. The summed E-state index contributed by atoms with van der Waals surface area (Å²) in [5.74, 6) is 1.49. The number of furan rings is 1. The number of aromatic nitrogens is 3. The van der Waals surface area contributed by atoms with Gasteiger partial charge < -0.3 is 9.40 Å². The highest BCUT2D eigenvalue weighted by Crippen LogP contribution is 2.19. The van der Waals surface area contributed by atoms with Crippen molar-refractivity contribution >= 4 is 0 Å². The second-order valence-electron chi connectivity index (χ2n) is 5.62. The molecule has 1 aliphatic heterocycles. The zero-order valence-corrected chi connectivity index (χ0v) is 12.5. The first-order valence-corrected chi connectivity index (χ1v) is 7.57. The molecule has 0 radical (unpaired) electrons. The van der Waals surface area contributed by atoms with Gasteiger partial charge in [-0.15, -0.1) is 0 Å². The molecule has 4 rings (SSSR count). The van der Waals surface area contributed by atoms with E-state index < -0.39 is 0 Å². The minimum absolute atomic E-state index is 0.0713. The van der Waals surface area contributed by atoms with E-state index in [2.05, 4.69) is 19.9 Å². The molecule has 6 heteroatoms. The topological polar surface area (TPSA) is 75.0 Å². The summed E-state index contributed by atoms with van der Waals surface area (Å²) >= 11 is 0. The zero-order valence-electron chi connectivity index (χ0n) is 12.5. The van der Waals surface area contributed by atoms with E-state index in [1.54, 1.807) is 18.7 Å². The third kappa shape index (κ3) is 2.80. The fraction of sp³-hybridized carbons (Fsp3) is 0.235. The Labute approximate surface area is 132 Å². The van der Waals surface area contributed by atoms with Crippen molar-refractivity contribution in [1.82, 2.24) is 19.9 Å². The fourth-order valence-corrected chi connectivity index (χ4v) is 2.88. The molecule has 0 atom stereocenters. The van der Waals surface area contributed by atoms with Crippen LogP contribution in [0.25, 0.3) is 11.4 Å². The van der Waals surface area contributed by atoms with Crippen molar-refractivity contribution in [2.45, 2.75) is 19.5 Å². The van der Waals surface area contributed by atoms with E-state index in [-0.39, 0.29) is 5.56 Å². The maximum Gasteiger partial charge on any atom is 0.255 e. The lowest BCUT2D eigenvalue weighted by molar-refractivity contribution is 0.222. The van der Waals surface area contributed by atoms with Gasteiger partial charge in [-0.05, 0) is 24.3 Å². The van der Waals surface area contributed by atoms with Crippen molar-refractivity contribution in [3.05, 3.63) is 70.3 Å². The number of H-pyrrole nitrogens is 1. The van der Waals surface area contributed by atoms with Gasteiger partial charge in [-0.1, -0.05) is 0 Å². The summed E-state index contributed by atoms with van der Waals surface area (Å²) in [7, 11) is 0. The normalized spacial score (nSPS) is 14.6. The second kappa shape index (κ2) is 5.81. The molecule has 3 aromatic heterocycles. The SMILES string of the molecule is O=c1[nH]c(-c2cccnc2)nc2c1CN(Cc1ccco1)CC2. The summed E-state index contributed by atoms with van der Waals surface area (Å²) < 4.78 is 5.38. The van der Waals surface area contributed by atoms with Gasteiger partial charge >= 0.3 is 0 Å². The van der Waals surface area contributed by atoms with E-state index in [0.717, 1.165) is 35.5 Å². The molecule has 1 N–H and O–H groups in total. The highest BCUT2D eigenvalue weighted by molar-refractivity contribution is 5.53. The van der Waals surface area contributed by atoms with Gasteiger partial charge in [-0.2, -0.15) is 0 Å². The van der Waals surface area contributed by atoms with Gasteiger partial charge in [0.15, 0.2) is 0 Å². The van der Waals surface area contributed by atoms with Gasteiger partial charge in [0.1, 0.15) is 11.6 Å². The Bertz CT molecular complexity index is 856. The first kappa shape index (κ1) is 13.9. The summed E-state index contributed by atoms with van der Waals surface area (Å²) in [5.41, 5.74) is 2.38. The molecule has 0 saturated carbocycles. The summed E-state index contributed by atoms with van der Waals surface area (Å²) in [4.78, 5) is 26.2. The molecule has 0 amide bonds. The first-order chi connectivity index (χ1) is 11.3. The predicted molar refractivity (Wildman–Crippen MR) is 84.6 cm³/mol. The third-order valence-corrected chi connectivity index (χ3v) is 4.04. The molecule has 0 fully saturated rings. The smallest absolute Gasteiger partial charge is 0.255 e. The summed E-state index contributed by atoms with van der Waals surface area (Å²) in [5, 5.41) is 0. The van der Waals surface area contributed by atoms with E-state index in [0.29, 0.717) is 18.9 Å². The number of nitrogens with zero attached hydrogens (tertiary/aromatic N) is 3. The Morgan fingerprint density at radius 1 is 1.30 bits per heavy atom. The van der Waals surface area contributed by atoms with Crippen LogP contribution in [0.4, 0.5) is 0 Å². The maximum atomic E-state index is 12.4. The molecule has 0 aliphatic carbocycles. The van der Waals surface area contributed by atoms with Crippen LogP contribution in [-0.4, -0.2) is 26.4 Å². The van der Waals surface area contributed by atoms with Crippen molar-refractivity contribution < 1.29 is 4.42 Å². The van der Waals surface area contributed by atoms with Crippen molar-refractivity contribution in [2.75, 3.05) is 6.54 Å². The average molecular weight is 308 g/mol. The number of hydrogen-bond acceptors (Lipinski definition) is 5. The standard InChI is InChI=1S/C17H16N4O2/c22-17-14-11-21(10-13-4-2-8-23-13)7-5-15(14)19-16(20-17)12-3-1-6-18-9-12/h1-4,6,8-9H,5,7,10-11H2,(H,19,20,22). The number of rotatable bonds is 3. The van der Waals surface area contributed by atoms with E-state index in [4.69, 9.17) is 4.42 Å². The van der Waals surface area contributed by atoms with Gasteiger partial charge in [-0.3, -0.25) is 14.7 Å². The van der Waals surface area contributed by atoms with Gasteiger partial charge in [-0.25, -0.2) is 4.98 Å². The number of nitrogens with one attached hydrogen (secondary N) is 1. The second-order valence-corrected chi connectivity index (χ2v) is 5.62. The van der Waals surface area contributed by atoms with Crippen molar-refractivity contribution in [2.24, 2.45) is 0 Å². The number of aromatic amines is 1. The largest absolute Gasteiger partial charge is 0.468 e. The number of pyridine rings is 1. The molecule has 0 spiro atoms. The highest BCUT2D eigenvalue weighted by Gasteiger charge is 2.22. The Morgan fingerprint density at radius 3 is 3.04 bits per heavy atom. The molecule has 116 valence electrons. The van der Waals surface area contributed by atoms with Crippen LogP contribution in [0.5, 0.6) is 0 Å². The Kier molecular flexibility index (Phi) is 3.51. The van der Waals surface area contributed by atoms with Gasteiger partial charge in [0.25, 0.3) is 5.56 Å². The minimum atomic E-state index is -0.0713.